The second-order valence-corrected chi connectivity index (χ2v) is 8.91. The Morgan fingerprint density at radius 2 is 1.97 bits per heavy atom. The molecule has 1 aromatic carbocycles. The van der Waals surface area contributed by atoms with Crippen molar-refractivity contribution in [3.05, 3.63) is 41.0 Å². The second-order valence-electron chi connectivity index (χ2n) is 7.08. The first kappa shape index (κ1) is 21.4. The van der Waals surface area contributed by atoms with Crippen molar-refractivity contribution in [2.45, 2.75) is 23.9 Å². The fraction of sp³-hybridized carbons (Fsp3) is 0.333. The second kappa shape index (κ2) is 9.11. The first-order chi connectivity index (χ1) is 15.0. The first-order valence-electron chi connectivity index (χ1n) is 9.68. The highest BCUT2D eigenvalue weighted by atomic mass is 32.2. The number of aromatic nitrogens is 3. The number of carbonyl (C=O) groups excluding carboxylic acids is 2. The number of thioether (sulfide) groups is 1. The molecule has 1 aliphatic rings. The molecule has 0 radical (unpaired) electrons. The molecule has 1 aliphatic carbocycles. The number of nitrogens with one attached hydrogen (secondary N) is 1. The number of methoxy groups -OCH3 is 2. The van der Waals surface area contributed by atoms with Gasteiger partial charge in [-0.15, -0.1) is 21.5 Å². The lowest BCUT2D eigenvalue weighted by molar-refractivity contribution is -0.113. The molecule has 0 bridgehead atoms. The summed E-state index contributed by atoms with van der Waals surface area (Å²) >= 11 is 2.61. The molecule has 2 heterocycles. The van der Waals surface area contributed by atoms with E-state index in [1.807, 2.05) is 41.3 Å². The van der Waals surface area contributed by atoms with Crippen LogP contribution in [0.3, 0.4) is 0 Å². The van der Waals surface area contributed by atoms with Gasteiger partial charge in [-0.05, 0) is 30.5 Å². The Bertz CT molecular complexity index is 1100. The fourth-order valence-electron chi connectivity index (χ4n) is 3.18. The van der Waals surface area contributed by atoms with E-state index in [0.717, 1.165) is 30.0 Å². The van der Waals surface area contributed by atoms with Gasteiger partial charge >= 0.3 is 5.97 Å². The number of hydrogen-bond acceptors (Lipinski definition) is 8. The first-order valence-corrected chi connectivity index (χ1v) is 11.5. The van der Waals surface area contributed by atoms with Crippen LogP contribution in [0.25, 0.3) is 11.1 Å². The minimum absolute atomic E-state index is 0.160. The van der Waals surface area contributed by atoms with E-state index in [-0.39, 0.29) is 11.7 Å². The fourth-order valence-corrected chi connectivity index (χ4v) is 4.87. The number of benzene rings is 1. The number of amides is 1. The molecule has 1 fully saturated rings. The van der Waals surface area contributed by atoms with E-state index in [2.05, 4.69) is 15.5 Å². The molecule has 4 rings (SSSR count). The van der Waals surface area contributed by atoms with Gasteiger partial charge in [0.1, 0.15) is 22.1 Å². The van der Waals surface area contributed by atoms with Crippen LogP contribution in [0.5, 0.6) is 5.75 Å². The van der Waals surface area contributed by atoms with Crippen LogP contribution >= 0.6 is 23.1 Å². The van der Waals surface area contributed by atoms with Gasteiger partial charge in [0, 0.05) is 23.9 Å². The smallest absolute Gasteiger partial charge is 0.341 e. The molecule has 0 spiro atoms. The average Bonchev–Trinajstić information content (AvgIpc) is 3.44. The Labute approximate surface area is 188 Å². The van der Waals surface area contributed by atoms with Gasteiger partial charge in [-0.3, -0.25) is 4.79 Å². The molecular weight excluding hydrogens is 436 g/mol. The molecule has 0 aliphatic heterocycles. The summed E-state index contributed by atoms with van der Waals surface area (Å²) in [7, 11) is 4.84. The summed E-state index contributed by atoms with van der Waals surface area (Å²) in [4.78, 5) is 25.1. The third-order valence-electron chi connectivity index (χ3n) is 4.98. The molecule has 1 saturated carbocycles. The third-order valence-corrected chi connectivity index (χ3v) is 6.89. The molecule has 162 valence electrons. The molecule has 1 amide bonds. The number of hydrogen-bond donors (Lipinski definition) is 1. The molecule has 0 unspecified atom stereocenters. The maximum Gasteiger partial charge on any atom is 0.341 e. The van der Waals surface area contributed by atoms with Crippen molar-refractivity contribution in [3.63, 3.8) is 0 Å². The van der Waals surface area contributed by atoms with E-state index in [4.69, 9.17) is 9.47 Å². The standard InChI is InChI=1S/C21H22N4O4S2/c1-25-18(13-4-5-13)23-24-21(25)31-11-16(26)22-19-17(20(27)29-3)15(10-30-19)12-6-8-14(28-2)9-7-12/h6-10,13H,4-5,11H2,1-3H3,(H,22,26). The van der Waals surface area contributed by atoms with E-state index in [9.17, 15) is 9.59 Å². The Kier molecular flexibility index (Phi) is 6.28. The van der Waals surface area contributed by atoms with Gasteiger partial charge in [0.15, 0.2) is 5.16 Å². The van der Waals surface area contributed by atoms with Gasteiger partial charge in [-0.2, -0.15) is 0 Å². The maximum atomic E-state index is 12.6. The van der Waals surface area contributed by atoms with Crippen molar-refractivity contribution in [2.75, 3.05) is 25.3 Å². The minimum Gasteiger partial charge on any atom is -0.497 e. The van der Waals surface area contributed by atoms with Crippen LogP contribution in [-0.2, 0) is 16.6 Å². The van der Waals surface area contributed by atoms with Crippen LogP contribution < -0.4 is 10.1 Å². The van der Waals surface area contributed by atoms with Crippen LogP contribution in [0, 0.1) is 0 Å². The molecule has 0 saturated heterocycles. The predicted octanol–water partition coefficient (Wildman–Crippen LogP) is 3.95. The zero-order valence-electron chi connectivity index (χ0n) is 17.4. The Hall–Kier alpha value is -2.85. The SMILES string of the molecule is COC(=O)c1c(-c2ccc(OC)cc2)csc1NC(=O)CSc1nnc(C2CC2)n1C. The molecule has 8 nitrogen and oxygen atoms in total. The normalized spacial score (nSPS) is 13.1. The lowest BCUT2D eigenvalue weighted by Gasteiger charge is -2.08. The third kappa shape index (κ3) is 4.59. The van der Waals surface area contributed by atoms with Gasteiger partial charge in [0.2, 0.25) is 5.91 Å². The summed E-state index contributed by atoms with van der Waals surface area (Å²) in [5, 5.41) is 14.3. The van der Waals surface area contributed by atoms with Gasteiger partial charge < -0.3 is 19.4 Å². The number of carbonyl (C=O) groups is 2. The average molecular weight is 459 g/mol. The summed E-state index contributed by atoms with van der Waals surface area (Å²) in [6.07, 6.45) is 2.28. The molecule has 31 heavy (non-hydrogen) atoms. The quantitative estimate of drug-likeness (QED) is 0.403. The van der Waals surface area contributed by atoms with E-state index in [1.54, 1.807) is 7.11 Å². The van der Waals surface area contributed by atoms with Gasteiger partial charge in [0.05, 0.1) is 20.0 Å². The van der Waals surface area contributed by atoms with Crippen LogP contribution in [0.1, 0.15) is 34.9 Å². The predicted molar refractivity (Wildman–Crippen MR) is 120 cm³/mol. The Morgan fingerprint density at radius 3 is 2.61 bits per heavy atom. The molecule has 2 aromatic heterocycles. The van der Waals surface area contributed by atoms with Crippen molar-refractivity contribution in [3.8, 4) is 16.9 Å². The summed E-state index contributed by atoms with van der Waals surface area (Å²) in [5.41, 5.74) is 1.87. The van der Waals surface area contributed by atoms with Crippen molar-refractivity contribution in [2.24, 2.45) is 7.05 Å². The number of esters is 1. The lowest BCUT2D eigenvalue weighted by atomic mass is 10.0. The maximum absolute atomic E-state index is 12.6. The zero-order valence-corrected chi connectivity index (χ0v) is 19.0. The topological polar surface area (TPSA) is 95.3 Å². The van der Waals surface area contributed by atoms with Crippen molar-refractivity contribution in [1.29, 1.82) is 0 Å². The van der Waals surface area contributed by atoms with Crippen LogP contribution in [0.2, 0.25) is 0 Å². The van der Waals surface area contributed by atoms with E-state index >= 15 is 0 Å². The highest BCUT2D eigenvalue weighted by Gasteiger charge is 2.29. The Morgan fingerprint density at radius 1 is 1.23 bits per heavy atom. The Balaban J connectivity index is 1.48. The van der Waals surface area contributed by atoms with E-state index < -0.39 is 5.97 Å². The van der Waals surface area contributed by atoms with Crippen LogP contribution in [0.4, 0.5) is 5.00 Å². The van der Waals surface area contributed by atoms with Crippen molar-refractivity contribution in [1.82, 2.24) is 14.8 Å². The molecule has 10 heteroatoms. The van der Waals surface area contributed by atoms with Gasteiger partial charge in [-0.1, -0.05) is 23.9 Å². The lowest BCUT2D eigenvalue weighted by Crippen LogP contribution is -2.16. The summed E-state index contributed by atoms with van der Waals surface area (Å²) in [6.45, 7) is 0. The summed E-state index contributed by atoms with van der Waals surface area (Å²) in [6, 6.07) is 7.36. The largest absolute Gasteiger partial charge is 0.497 e. The molecule has 1 N–H and O–H groups in total. The minimum atomic E-state index is -0.502. The number of nitrogens with zero attached hydrogens (tertiary/aromatic N) is 3. The molecular formula is C21H22N4O4S2. The molecule has 0 atom stereocenters. The van der Waals surface area contributed by atoms with E-state index in [0.29, 0.717) is 27.2 Å². The highest BCUT2D eigenvalue weighted by Crippen LogP contribution is 2.40. The summed E-state index contributed by atoms with van der Waals surface area (Å²) < 4.78 is 12.1. The number of ether oxygens (including phenoxy) is 2. The monoisotopic (exact) mass is 458 g/mol. The van der Waals surface area contributed by atoms with Gasteiger partial charge in [-0.25, -0.2) is 4.79 Å². The van der Waals surface area contributed by atoms with Crippen LogP contribution in [0.15, 0.2) is 34.8 Å². The van der Waals surface area contributed by atoms with E-state index in [1.165, 1.54) is 30.2 Å². The van der Waals surface area contributed by atoms with Crippen molar-refractivity contribution < 1.29 is 19.1 Å². The number of thiophene rings is 1. The molecule has 3 aromatic rings. The number of anilines is 1. The summed E-state index contributed by atoms with van der Waals surface area (Å²) in [5.74, 6) is 1.61. The zero-order chi connectivity index (χ0) is 22.0. The van der Waals surface area contributed by atoms with Crippen LogP contribution in [-0.4, -0.2) is 46.6 Å². The number of rotatable bonds is 8. The van der Waals surface area contributed by atoms with Crippen molar-refractivity contribution >= 4 is 40.0 Å². The highest BCUT2D eigenvalue weighted by molar-refractivity contribution is 7.99. The van der Waals surface area contributed by atoms with Gasteiger partial charge in [0.25, 0.3) is 0 Å².